The van der Waals surface area contributed by atoms with E-state index in [4.69, 9.17) is 9.47 Å². The second-order valence-corrected chi connectivity index (χ2v) is 7.69. The molecular formula is C18H20N2O5S. The number of hydrogen-bond donors (Lipinski definition) is 1. The molecule has 0 saturated carbocycles. The quantitative estimate of drug-likeness (QED) is 0.865. The smallest absolute Gasteiger partial charge is 0.267 e. The zero-order valence-electron chi connectivity index (χ0n) is 14.5. The maximum Gasteiger partial charge on any atom is 0.267 e. The lowest BCUT2D eigenvalue weighted by molar-refractivity contribution is -0.122. The minimum atomic E-state index is -3.55. The number of ether oxygens (including phenoxy) is 2. The summed E-state index contributed by atoms with van der Waals surface area (Å²) in [4.78, 5) is 12.7. The Kier molecular flexibility index (Phi) is 5.03. The molecule has 1 aliphatic rings. The van der Waals surface area contributed by atoms with E-state index in [1.807, 2.05) is 6.92 Å². The molecule has 26 heavy (non-hydrogen) atoms. The highest BCUT2D eigenvalue weighted by Crippen LogP contribution is 2.35. The molecule has 1 atom stereocenters. The number of carbonyl (C=O) groups excluding carboxylic acids is 1. The third-order valence-electron chi connectivity index (χ3n) is 3.87. The third kappa shape index (κ3) is 3.75. The number of para-hydroxylation sites is 4. The predicted octanol–water partition coefficient (Wildman–Crippen LogP) is 2.25. The molecule has 0 radical (unpaired) electrons. The molecule has 1 unspecified atom stereocenters. The van der Waals surface area contributed by atoms with Crippen LogP contribution in [0.3, 0.4) is 0 Å². The lowest BCUT2D eigenvalue weighted by Gasteiger charge is -2.33. The highest BCUT2D eigenvalue weighted by Gasteiger charge is 2.35. The van der Waals surface area contributed by atoms with E-state index in [1.165, 1.54) is 4.31 Å². The highest BCUT2D eigenvalue weighted by atomic mass is 32.2. The van der Waals surface area contributed by atoms with Crippen LogP contribution in [0.4, 0.5) is 11.4 Å². The Morgan fingerprint density at radius 2 is 1.92 bits per heavy atom. The van der Waals surface area contributed by atoms with Crippen molar-refractivity contribution in [2.45, 2.75) is 13.0 Å². The number of fused-ring (bicyclic) bond motifs is 1. The average molecular weight is 376 g/mol. The lowest BCUT2D eigenvalue weighted by Crippen LogP contribution is -2.48. The largest absolute Gasteiger partial charge is 0.492 e. The summed E-state index contributed by atoms with van der Waals surface area (Å²) >= 11 is 0. The SMILES string of the molecule is CCOc1ccccc1NC(=O)C1CN(S(C)(=O)=O)c2ccccc2O1. The number of rotatable bonds is 5. The zero-order chi connectivity index (χ0) is 18.7. The molecule has 0 aromatic heterocycles. The van der Waals surface area contributed by atoms with E-state index < -0.39 is 22.0 Å². The van der Waals surface area contributed by atoms with Crippen molar-refractivity contribution in [1.29, 1.82) is 0 Å². The van der Waals surface area contributed by atoms with Gasteiger partial charge in [-0.25, -0.2) is 8.42 Å². The van der Waals surface area contributed by atoms with Crippen LogP contribution in [0.5, 0.6) is 11.5 Å². The number of carbonyl (C=O) groups is 1. The van der Waals surface area contributed by atoms with E-state index >= 15 is 0 Å². The second kappa shape index (κ2) is 7.25. The summed E-state index contributed by atoms with van der Waals surface area (Å²) in [5.41, 5.74) is 0.932. The highest BCUT2D eigenvalue weighted by molar-refractivity contribution is 7.92. The van der Waals surface area contributed by atoms with E-state index in [2.05, 4.69) is 5.32 Å². The van der Waals surface area contributed by atoms with Crippen LogP contribution >= 0.6 is 0 Å². The minimum Gasteiger partial charge on any atom is -0.492 e. The van der Waals surface area contributed by atoms with Crippen molar-refractivity contribution in [3.05, 3.63) is 48.5 Å². The van der Waals surface area contributed by atoms with Gasteiger partial charge in [0.25, 0.3) is 5.91 Å². The van der Waals surface area contributed by atoms with Gasteiger partial charge in [-0.1, -0.05) is 24.3 Å². The van der Waals surface area contributed by atoms with Crippen molar-refractivity contribution < 1.29 is 22.7 Å². The molecular weight excluding hydrogens is 356 g/mol. The van der Waals surface area contributed by atoms with Crippen LogP contribution in [-0.4, -0.2) is 39.8 Å². The van der Waals surface area contributed by atoms with Crippen LogP contribution in [0.25, 0.3) is 0 Å². The Morgan fingerprint density at radius 3 is 2.65 bits per heavy atom. The summed E-state index contributed by atoms with van der Waals surface area (Å²) in [6, 6.07) is 13.8. The number of anilines is 2. The molecule has 0 spiro atoms. The predicted molar refractivity (Wildman–Crippen MR) is 99.3 cm³/mol. The van der Waals surface area contributed by atoms with Crippen LogP contribution in [0.2, 0.25) is 0 Å². The first-order chi connectivity index (χ1) is 12.4. The molecule has 138 valence electrons. The topological polar surface area (TPSA) is 84.9 Å². The Hall–Kier alpha value is -2.74. The maximum atomic E-state index is 12.7. The van der Waals surface area contributed by atoms with Crippen molar-refractivity contribution in [3.8, 4) is 11.5 Å². The lowest BCUT2D eigenvalue weighted by atomic mass is 10.2. The monoisotopic (exact) mass is 376 g/mol. The molecule has 2 aromatic rings. The van der Waals surface area contributed by atoms with Crippen LogP contribution in [0.1, 0.15) is 6.92 Å². The van der Waals surface area contributed by atoms with Crippen molar-refractivity contribution in [2.24, 2.45) is 0 Å². The van der Waals surface area contributed by atoms with Crippen molar-refractivity contribution in [2.75, 3.05) is 29.0 Å². The first-order valence-electron chi connectivity index (χ1n) is 8.16. The third-order valence-corrected chi connectivity index (χ3v) is 5.02. The number of nitrogens with one attached hydrogen (secondary N) is 1. The van der Waals surface area contributed by atoms with Gasteiger partial charge in [-0.2, -0.15) is 0 Å². The van der Waals surface area contributed by atoms with Crippen LogP contribution in [-0.2, 0) is 14.8 Å². The molecule has 8 heteroatoms. The van der Waals surface area contributed by atoms with E-state index in [1.54, 1.807) is 48.5 Å². The number of amides is 1. The van der Waals surface area contributed by atoms with E-state index in [0.29, 0.717) is 29.5 Å². The van der Waals surface area contributed by atoms with Gasteiger partial charge in [-0.3, -0.25) is 9.10 Å². The fourth-order valence-corrected chi connectivity index (χ4v) is 3.63. The summed E-state index contributed by atoms with van der Waals surface area (Å²) in [6.45, 7) is 2.21. The summed E-state index contributed by atoms with van der Waals surface area (Å²) in [7, 11) is -3.55. The van der Waals surface area contributed by atoms with E-state index in [0.717, 1.165) is 6.26 Å². The van der Waals surface area contributed by atoms with Gasteiger partial charge in [0, 0.05) is 0 Å². The Bertz CT molecular complexity index is 913. The molecule has 2 aromatic carbocycles. The van der Waals surface area contributed by atoms with Gasteiger partial charge in [-0.05, 0) is 31.2 Å². The number of hydrogen-bond acceptors (Lipinski definition) is 5. The normalized spacial score (nSPS) is 16.4. The molecule has 1 aliphatic heterocycles. The summed E-state index contributed by atoms with van der Waals surface area (Å²) in [5, 5.41) is 2.76. The van der Waals surface area contributed by atoms with Gasteiger partial charge in [0.15, 0.2) is 6.10 Å². The first kappa shape index (κ1) is 18.1. The van der Waals surface area contributed by atoms with Crippen LogP contribution < -0.4 is 19.1 Å². The molecule has 0 fully saturated rings. The van der Waals surface area contributed by atoms with Gasteiger partial charge in [-0.15, -0.1) is 0 Å². The first-order valence-corrected chi connectivity index (χ1v) is 10.0. The summed E-state index contributed by atoms with van der Waals surface area (Å²) < 4.78 is 36.7. The fourth-order valence-electron chi connectivity index (χ4n) is 2.72. The van der Waals surface area contributed by atoms with Gasteiger partial charge in [0.2, 0.25) is 10.0 Å². The van der Waals surface area contributed by atoms with Crippen LogP contribution in [0, 0.1) is 0 Å². The standard InChI is InChI=1S/C18H20N2O5S/c1-3-24-15-10-6-4-8-13(15)19-18(21)17-12-20(26(2,22)23)14-9-5-7-11-16(14)25-17/h4-11,17H,3,12H2,1-2H3,(H,19,21). The second-order valence-electron chi connectivity index (χ2n) is 5.79. The van der Waals surface area contributed by atoms with E-state index in [-0.39, 0.29) is 6.54 Å². The molecule has 3 rings (SSSR count). The van der Waals surface area contributed by atoms with Gasteiger partial charge >= 0.3 is 0 Å². The Morgan fingerprint density at radius 1 is 1.23 bits per heavy atom. The Balaban J connectivity index is 1.85. The van der Waals surface area contributed by atoms with Crippen molar-refractivity contribution >= 4 is 27.3 Å². The summed E-state index contributed by atoms with van der Waals surface area (Å²) in [6.07, 6.45) is 0.128. The number of sulfonamides is 1. The molecule has 1 N–H and O–H groups in total. The molecule has 0 saturated heterocycles. The van der Waals surface area contributed by atoms with Crippen molar-refractivity contribution in [1.82, 2.24) is 0 Å². The minimum absolute atomic E-state index is 0.0987. The maximum absolute atomic E-state index is 12.7. The van der Waals surface area contributed by atoms with Crippen molar-refractivity contribution in [3.63, 3.8) is 0 Å². The molecule has 0 bridgehead atoms. The molecule has 0 aliphatic carbocycles. The average Bonchev–Trinajstić information content (AvgIpc) is 2.61. The Labute approximate surface area is 152 Å². The molecule has 1 heterocycles. The van der Waals surface area contributed by atoms with Gasteiger partial charge in [0.05, 0.1) is 30.8 Å². The van der Waals surface area contributed by atoms with Gasteiger partial charge in [0.1, 0.15) is 11.5 Å². The number of nitrogens with zero attached hydrogens (tertiary/aromatic N) is 1. The fraction of sp³-hybridized carbons (Fsp3) is 0.278. The molecule has 1 amide bonds. The summed E-state index contributed by atoms with van der Waals surface area (Å²) in [5.74, 6) is 0.447. The van der Waals surface area contributed by atoms with Crippen LogP contribution in [0.15, 0.2) is 48.5 Å². The van der Waals surface area contributed by atoms with E-state index in [9.17, 15) is 13.2 Å². The zero-order valence-corrected chi connectivity index (χ0v) is 15.3. The molecule has 7 nitrogen and oxygen atoms in total. The van der Waals surface area contributed by atoms with Gasteiger partial charge < -0.3 is 14.8 Å². The number of benzene rings is 2.